The molecular formula is C23H16N4O3S. The standard InChI is InChI=1S/C23H16N4O3S/c28-21-14-31-23(17-3-1-5-19(13-17)27(29)30)26(21)18-9-6-15(7-10-18)20-11-8-16-4-2-12-24-22(16)25-20/h1-13,23H,14H2. The van der Waals surface area contributed by atoms with Crippen LogP contribution in [0.2, 0.25) is 0 Å². The molecule has 1 fully saturated rings. The van der Waals surface area contributed by atoms with E-state index in [1.165, 1.54) is 23.9 Å². The summed E-state index contributed by atoms with van der Waals surface area (Å²) in [4.78, 5) is 34.0. The first-order valence-electron chi connectivity index (χ1n) is 9.60. The maximum atomic E-state index is 12.6. The van der Waals surface area contributed by atoms with Crippen molar-refractivity contribution in [1.29, 1.82) is 0 Å². The zero-order valence-corrected chi connectivity index (χ0v) is 17.0. The monoisotopic (exact) mass is 428 g/mol. The molecule has 1 aliphatic rings. The number of carbonyl (C=O) groups is 1. The van der Waals surface area contributed by atoms with E-state index in [-0.39, 0.29) is 17.0 Å². The molecule has 1 unspecified atom stereocenters. The van der Waals surface area contributed by atoms with Crippen LogP contribution in [0.1, 0.15) is 10.9 Å². The van der Waals surface area contributed by atoms with Crippen molar-refractivity contribution in [2.24, 2.45) is 0 Å². The molecule has 2 aromatic heterocycles. The van der Waals surface area contributed by atoms with Crippen LogP contribution in [0.4, 0.5) is 11.4 Å². The summed E-state index contributed by atoms with van der Waals surface area (Å²) in [5.41, 5.74) is 3.90. The minimum atomic E-state index is -0.421. The zero-order chi connectivity index (χ0) is 21.4. The first-order valence-corrected chi connectivity index (χ1v) is 10.7. The molecule has 5 rings (SSSR count). The van der Waals surface area contributed by atoms with Crippen LogP contribution >= 0.6 is 11.8 Å². The molecule has 152 valence electrons. The minimum Gasteiger partial charge on any atom is -0.295 e. The van der Waals surface area contributed by atoms with Gasteiger partial charge in [-0.15, -0.1) is 11.8 Å². The van der Waals surface area contributed by atoms with E-state index in [0.717, 1.165) is 27.9 Å². The van der Waals surface area contributed by atoms with E-state index < -0.39 is 4.92 Å². The number of nitro benzene ring substituents is 1. The summed E-state index contributed by atoms with van der Waals surface area (Å²) in [6.45, 7) is 0. The summed E-state index contributed by atoms with van der Waals surface area (Å²) >= 11 is 1.46. The van der Waals surface area contributed by atoms with E-state index >= 15 is 0 Å². The molecule has 0 radical (unpaired) electrons. The van der Waals surface area contributed by atoms with Crippen LogP contribution < -0.4 is 4.90 Å². The minimum absolute atomic E-state index is 0.0173. The predicted octanol–water partition coefficient (Wildman–Crippen LogP) is 4.98. The molecule has 4 aromatic rings. The van der Waals surface area contributed by atoms with Gasteiger partial charge in [-0.3, -0.25) is 19.8 Å². The SMILES string of the molecule is O=C1CSC(c2cccc([N+](=O)[O-])c2)N1c1ccc(-c2ccc3cccnc3n2)cc1. The van der Waals surface area contributed by atoms with Crippen molar-refractivity contribution in [3.8, 4) is 11.3 Å². The molecule has 31 heavy (non-hydrogen) atoms. The van der Waals surface area contributed by atoms with Crippen molar-refractivity contribution in [2.75, 3.05) is 10.7 Å². The smallest absolute Gasteiger partial charge is 0.269 e. The number of hydrogen-bond acceptors (Lipinski definition) is 6. The van der Waals surface area contributed by atoms with Gasteiger partial charge in [-0.2, -0.15) is 0 Å². The van der Waals surface area contributed by atoms with Crippen molar-refractivity contribution in [2.45, 2.75) is 5.37 Å². The number of hydrogen-bond donors (Lipinski definition) is 0. The Kier molecular flexibility index (Phi) is 4.83. The van der Waals surface area contributed by atoms with E-state index in [4.69, 9.17) is 0 Å². The maximum Gasteiger partial charge on any atom is 0.269 e. The second kappa shape index (κ2) is 7.81. The van der Waals surface area contributed by atoms with Crippen LogP contribution in [0, 0.1) is 10.1 Å². The lowest BCUT2D eigenvalue weighted by Crippen LogP contribution is -2.27. The molecule has 0 N–H and O–H groups in total. The number of nitrogens with zero attached hydrogens (tertiary/aromatic N) is 4. The molecule has 0 aliphatic carbocycles. The third-order valence-corrected chi connectivity index (χ3v) is 6.35. The lowest BCUT2D eigenvalue weighted by molar-refractivity contribution is -0.384. The molecule has 0 bridgehead atoms. The Balaban J connectivity index is 1.46. The average molecular weight is 428 g/mol. The van der Waals surface area contributed by atoms with Crippen LogP contribution in [-0.2, 0) is 4.79 Å². The molecule has 0 saturated carbocycles. The highest BCUT2D eigenvalue weighted by atomic mass is 32.2. The van der Waals surface area contributed by atoms with Gasteiger partial charge in [0, 0.05) is 35.0 Å². The van der Waals surface area contributed by atoms with Crippen molar-refractivity contribution < 1.29 is 9.72 Å². The van der Waals surface area contributed by atoms with Crippen LogP contribution in [0.5, 0.6) is 0 Å². The lowest BCUT2D eigenvalue weighted by Gasteiger charge is -2.24. The number of rotatable bonds is 4. The molecule has 8 heteroatoms. The van der Waals surface area contributed by atoms with E-state index in [1.807, 2.05) is 54.6 Å². The Labute approximate surface area is 181 Å². The summed E-state index contributed by atoms with van der Waals surface area (Å²) in [5.74, 6) is 0.301. The maximum absolute atomic E-state index is 12.6. The number of aromatic nitrogens is 2. The number of anilines is 1. The molecule has 1 aliphatic heterocycles. The van der Waals surface area contributed by atoms with Gasteiger partial charge < -0.3 is 0 Å². The van der Waals surface area contributed by atoms with Gasteiger partial charge in [-0.25, -0.2) is 9.97 Å². The second-order valence-electron chi connectivity index (χ2n) is 7.07. The Hall–Kier alpha value is -3.78. The Morgan fingerprint density at radius 3 is 2.68 bits per heavy atom. The molecular weight excluding hydrogens is 412 g/mol. The second-order valence-corrected chi connectivity index (χ2v) is 8.14. The summed E-state index contributed by atoms with van der Waals surface area (Å²) in [7, 11) is 0. The Morgan fingerprint density at radius 2 is 1.87 bits per heavy atom. The van der Waals surface area contributed by atoms with Crippen molar-refractivity contribution in [1.82, 2.24) is 9.97 Å². The first kappa shape index (κ1) is 19.2. The third kappa shape index (κ3) is 3.62. The number of nitro groups is 1. The lowest BCUT2D eigenvalue weighted by atomic mass is 10.1. The summed E-state index contributed by atoms with van der Waals surface area (Å²) in [5, 5.41) is 11.8. The van der Waals surface area contributed by atoms with Crippen LogP contribution in [-0.4, -0.2) is 26.6 Å². The largest absolute Gasteiger partial charge is 0.295 e. The van der Waals surface area contributed by atoms with Gasteiger partial charge >= 0.3 is 0 Å². The van der Waals surface area contributed by atoms with Crippen molar-refractivity contribution in [3.63, 3.8) is 0 Å². The zero-order valence-electron chi connectivity index (χ0n) is 16.2. The molecule has 1 saturated heterocycles. The van der Waals surface area contributed by atoms with Gasteiger partial charge in [-0.1, -0.05) is 24.3 Å². The average Bonchev–Trinajstić information content (AvgIpc) is 3.20. The number of benzene rings is 2. The fourth-order valence-electron chi connectivity index (χ4n) is 3.65. The predicted molar refractivity (Wildman–Crippen MR) is 121 cm³/mol. The summed E-state index contributed by atoms with van der Waals surface area (Å²) < 4.78 is 0. The van der Waals surface area contributed by atoms with Crippen LogP contribution in [0.3, 0.4) is 0 Å². The molecule has 2 aromatic carbocycles. The summed E-state index contributed by atoms with van der Waals surface area (Å²) in [6, 6.07) is 21.8. The summed E-state index contributed by atoms with van der Waals surface area (Å²) in [6.07, 6.45) is 1.72. The highest BCUT2D eigenvalue weighted by Crippen LogP contribution is 2.42. The van der Waals surface area contributed by atoms with Gasteiger partial charge in [0.15, 0.2) is 5.65 Å². The molecule has 1 amide bonds. The van der Waals surface area contributed by atoms with Gasteiger partial charge in [0.25, 0.3) is 5.69 Å². The van der Waals surface area contributed by atoms with E-state index in [0.29, 0.717) is 11.4 Å². The van der Waals surface area contributed by atoms with E-state index in [2.05, 4.69) is 9.97 Å². The number of fused-ring (bicyclic) bond motifs is 1. The van der Waals surface area contributed by atoms with E-state index in [9.17, 15) is 14.9 Å². The Morgan fingerprint density at radius 1 is 1.03 bits per heavy atom. The molecule has 0 spiro atoms. The fraction of sp³-hybridized carbons (Fsp3) is 0.0870. The Bertz CT molecular complexity index is 1310. The highest BCUT2D eigenvalue weighted by molar-refractivity contribution is 8.00. The molecule has 3 heterocycles. The quantitative estimate of drug-likeness (QED) is 0.336. The molecule has 1 atom stereocenters. The normalized spacial score (nSPS) is 16.1. The van der Waals surface area contributed by atoms with Crippen LogP contribution in [0.15, 0.2) is 79.0 Å². The highest BCUT2D eigenvalue weighted by Gasteiger charge is 2.34. The van der Waals surface area contributed by atoms with E-state index in [1.54, 1.807) is 17.2 Å². The number of non-ortho nitro benzene ring substituents is 1. The van der Waals surface area contributed by atoms with Crippen molar-refractivity contribution in [3.05, 3.63) is 94.7 Å². The van der Waals surface area contributed by atoms with Crippen LogP contribution in [0.25, 0.3) is 22.3 Å². The van der Waals surface area contributed by atoms with Gasteiger partial charge in [0.1, 0.15) is 5.37 Å². The topological polar surface area (TPSA) is 89.2 Å². The number of carbonyl (C=O) groups excluding carboxylic acids is 1. The number of thioether (sulfide) groups is 1. The fourth-order valence-corrected chi connectivity index (χ4v) is 4.82. The first-order chi connectivity index (χ1) is 15.1. The van der Waals surface area contributed by atoms with Gasteiger partial charge in [-0.05, 0) is 42.0 Å². The third-order valence-electron chi connectivity index (χ3n) is 5.14. The van der Waals surface area contributed by atoms with Crippen molar-refractivity contribution >= 4 is 40.1 Å². The molecule has 7 nitrogen and oxygen atoms in total. The number of amides is 1. The number of pyridine rings is 2. The van der Waals surface area contributed by atoms with Gasteiger partial charge in [0.2, 0.25) is 5.91 Å². The van der Waals surface area contributed by atoms with Gasteiger partial charge in [0.05, 0.1) is 16.4 Å².